The lowest BCUT2D eigenvalue weighted by atomic mass is 10.1. The van der Waals surface area contributed by atoms with E-state index in [0.29, 0.717) is 23.4 Å². The van der Waals surface area contributed by atoms with Crippen molar-refractivity contribution in [3.8, 4) is 0 Å². The van der Waals surface area contributed by atoms with Gasteiger partial charge in [0.1, 0.15) is 0 Å². The number of benzene rings is 2. The Morgan fingerprint density at radius 2 is 1.64 bits per heavy atom. The van der Waals surface area contributed by atoms with Gasteiger partial charge < -0.3 is 14.8 Å². The summed E-state index contributed by atoms with van der Waals surface area (Å²) in [6.45, 7) is 3.65. The molecule has 0 radical (unpaired) electrons. The molecule has 1 saturated heterocycles. The molecule has 10 heteroatoms. The van der Waals surface area contributed by atoms with E-state index in [1.54, 1.807) is 36.4 Å². The predicted octanol–water partition coefficient (Wildman–Crippen LogP) is 2.63. The highest BCUT2D eigenvalue weighted by atomic mass is 16.5. The molecule has 0 spiro atoms. The molecule has 190 valence electrons. The van der Waals surface area contributed by atoms with Crippen LogP contribution in [0.25, 0.3) is 0 Å². The van der Waals surface area contributed by atoms with Gasteiger partial charge in [0.25, 0.3) is 11.8 Å². The summed E-state index contributed by atoms with van der Waals surface area (Å²) in [6, 6.07) is 13.0. The zero-order valence-corrected chi connectivity index (χ0v) is 20.2. The second kappa shape index (κ2) is 12.5. The number of nitrogens with zero attached hydrogens (tertiary/aromatic N) is 1. The van der Waals surface area contributed by atoms with Gasteiger partial charge in [0.2, 0.25) is 5.91 Å². The molecule has 10 nitrogen and oxygen atoms in total. The third kappa shape index (κ3) is 7.39. The molecule has 3 amide bonds. The minimum Gasteiger partial charge on any atom is -0.462 e. The molecular weight excluding hydrogens is 466 g/mol. The van der Waals surface area contributed by atoms with E-state index < -0.39 is 42.2 Å². The van der Waals surface area contributed by atoms with Gasteiger partial charge in [-0.15, -0.1) is 0 Å². The maximum atomic E-state index is 12.4. The largest absolute Gasteiger partial charge is 0.462 e. The molecule has 1 aliphatic rings. The molecule has 1 fully saturated rings. The number of esters is 2. The molecular formula is C26H29N3O7. The quantitative estimate of drug-likeness (QED) is 0.383. The fourth-order valence-electron chi connectivity index (χ4n) is 3.40. The maximum Gasteiger partial charge on any atom is 0.338 e. The number of unbranched alkanes of at least 4 members (excludes halogenated alkanes) is 1. The molecule has 1 atom stereocenters. The highest BCUT2D eigenvalue weighted by molar-refractivity contribution is 5.97. The van der Waals surface area contributed by atoms with Crippen molar-refractivity contribution in [2.75, 3.05) is 25.1 Å². The minimum absolute atomic E-state index is 0.0489. The van der Waals surface area contributed by atoms with Crippen LogP contribution in [0.5, 0.6) is 0 Å². The Balaban J connectivity index is 1.42. The Kier molecular flexibility index (Phi) is 9.15. The van der Waals surface area contributed by atoms with E-state index in [1.807, 2.05) is 13.8 Å². The van der Waals surface area contributed by atoms with Crippen LogP contribution in [0, 0.1) is 12.8 Å². The predicted molar refractivity (Wildman–Crippen MR) is 130 cm³/mol. The van der Waals surface area contributed by atoms with Gasteiger partial charge in [-0.2, -0.15) is 0 Å². The van der Waals surface area contributed by atoms with Crippen LogP contribution in [0.4, 0.5) is 5.69 Å². The number of ether oxygens (including phenoxy) is 2. The first-order chi connectivity index (χ1) is 17.3. The molecule has 0 aromatic heterocycles. The number of hydrogen-bond acceptors (Lipinski definition) is 7. The molecule has 36 heavy (non-hydrogen) atoms. The van der Waals surface area contributed by atoms with Gasteiger partial charge in [0, 0.05) is 17.7 Å². The Morgan fingerprint density at radius 3 is 2.31 bits per heavy atom. The zero-order chi connectivity index (χ0) is 26.1. The highest BCUT2D eigenvalue weighted by Gasteiger charge is 2.36. The van der Waals surface area contributed by atoms with Crippen LogP contribution in [0.15, 0.2) is 48.5 Å². The topological polar surface area (TPSA) is 131 Å². The Labute approximate surface area is 208 Å². The number of anilines is 1. The lowest BCUT2D eigenvalue weighted by Gasteiger charge is -2.17. The van der Waals surface area contributed by atoms with Gasteiger partial charge in [-0.05, 0) is 49.7 Å². The Morgan fingerprint density at radius 1 is 0.972 bits per heavy atom. The fourth-order valence-corrected chi connectivity index (χ4v) is 3.40. The lowest BCUT2D eigenvalue weighted by Crippen LogP contribution is -2.43. The van der Waals surface area contributed by atoms with Crippen LogP contribution in [0.1, 0.15) is 52.5 Å². The summed E-state index contributed by atoms with van der Waals surface area (Å²) < 4.78 is 10.2. The number of rotatable bonds is 10. The summed E-state index contributed by atoms with van der Waals surface area (Å²) in [7, 11) is 0. The summed E-state index contributed by atoms with van der Waals surface area (Å²) in [5.74, 6) is -3.41. The van der Waals surface area contributed by atoms with Crippen molar-refractivity contribution in [1.29, 1.82) is 0 Å². The average molecular weight is 496 g/mol. The number of aryl methyl sites for hydroxylation is 1. The second-order valence-electron chi connectivity index (χ2n) is 8.44. The third-order valence-electron chi connectivity index (χ3n) is 5.49. The molecule has 0 aliphatic carbocycles. The number of hydrogen-bond donors (Lipinski definition) is 2. The van der Waals surface area contributed by atoms with Crippen LogP contribution < -0.4 is 10.7 Å². The van der Waals surface area contributed by atoms with E-state index in [1.165, 1.54) is 12.1 Å². The van der Waals surface area contributed by atoms with Crippen molar-refractivity contribution in [3.05, 3.63) is 65.2 Å². The van der Waals surface area contributed by atoms with Crippen LogP contribution in [0.3, 0.4) is 0 Å². The maximum absolute atomic E-state index is 12.4. The summed E-state index contributed by atoms with van der Waals surface area (Å²) in [5, 5.41) is 3.66. The number of nitrogens with one attached hydrogen (secondary N) is 2. The van der Waals surface area contributed by atoms with Gasteiger partial charge in [-0.3, -0.25) is 29.6 Å². The number of amides is 3. The van der Waals surface area contributed by atoms with Gasteiger partial charge >= 0.3 is 11.9 Å². The first-order valence-electron chi connectivity index (χ1n) is 11.7. The van der Waals surface area contributed by atoms with E-state index in [2.05, 4.69) is 10.7 Å². The zero-order valence-electron chi connectivity index (χ0n) is 20.2. The summed E-state index contributed by atoms with van der Waals surface area (Å²) in [5.41, 5.74) is 4.66. The molecule has 0 unspecified atom stereocenters. The molecule has 2 aromatic carbocycles. The fraction of sp³-hybridized carbons (Fsp3) is 0.346. The molecule has 2 N–H and O–H groups in total. The van der Waals surface area contributed by atoms with Crippen LogP contribution in [0.2, 0.25) is 0 Å². The van der Waals surface area contributed by atoms with E-state index in [-0.39, 0.29) is 13.0 Å². The van der Waals surface area contributed by atoms with E-state index in [9.17, 15) is 24.0 Å². The number of carbonyl (C=O) groups is 5. The van der Waals surface area contributed by atoms with Crippen molar-refractivity contribution in [3.63, 3.8) is 0 Å². The number of hydrazine groups is 1. The summed E-state index contributed by atoms with van der Waals surface area (Å²) >= 11 is 0. The summed E-state index contributed by atoms with van der Waals surface area (Å²) in [4.78, 5) is 61.0. The Hall–Kier alpha value is -4.21. The second-order valence-corrected chi connectivity index (χ2v) is 8.44. The van der Waals surface area contributed by atoms with Crippen LogP contribution in [-0.4, -0.2) is 54.4 Å². The first kappa shape index (κ1) is 26.4. The van der Waals surface area contributed by atoms with Gasteiger partial charge in [-0.1, -0.05) is 31.0 Å². The monoisotopic (exact) mass is 495 g/mol. The van der Waals surface area contributed by atoms with Crippen molar-refractivity contribution < 1.29 is 33.4 Å². The molecule has 0 bridgehead atoms. The van der Waals surface area contributed by atoms with Gasteiger partial charge in [-0.25, -0.2) is 4.79 Å². The normalized spacial score (nSPS) is 14.8. The molecule has 0 saturated carbocycles. The highest BCUT2D eigenvalue weighted by Crippen LogP contribution is 2.18. The molecule has 1 aliphatic heterocycles. The Bertz CT molecular complexity index is 1110. The van der Waals surface area contributed by atoms with Crippen LogP contribution >= 0.6 is 0 Å². The van der Waals surface area contributed by atoms with E-state index in [0.717, 1.165) is 23.4 Å². The van der Waals surface area contributed by atoms with Gasteiger partial charge in [0.15, 0.2) is 6.61 Å². The molecule has 1 heterocycles. The third-order valence-corrected chi connectivity index (χ3v) is 5.49. The average Bonchev–Trinajstić information content (AvgIpc) is 3.23. The van der Waals surface area contributed by atoms with Crippen molar-refractivity contribution in [2.45, 2.75) is 33.1 Å². The summed E-state index contributed by atoms with van der Waals surface area (Å²) in [6.07, 6.45) is 1.57. The minimum atomic E-state index is -0.804. The first-order valence-corrected chi connectivity index (χ1v) is 11.7. The van der Waals surface area contributed by atoms with Crippen LogP contribution in [-0.2, 0) is 23.9 Å². The smallest absolute Gasteiger partial charge is 0.338 e. The molecule has 3 rings (SSSR count). The standard InChI is InChI=1S/C26H29N3O7/c1-3-4-13-35-25(33)19-9-11-21(12-10-19)27-22(30)16-36-26(34)20-14-23(31)29(15-20)28-24(32)18-7-5-17(2)6-8-18/h5-12,20H,3-4,13-16H2,1-2H3,(H,27,30)(H,28,32)/t20-/m0/s1. The lowest BCUT2D eigenvalue weighted by molar-refractivity contribution is -0.151. The molecule has 2 aromatic rings. The SMILES string of the molecule is CCCCOC(=O)c1ccc(NC(=O)COC(=O)[C@H]2CC(=O)N(NC(=O)c3ccc(C)cc3)C2)cc1. The van der Waals surface area contributed by atoms with E-state index >= 15 is 0 Å². The van der Waals surface area contributed by atoms with Crippen molar-refractivity contribution in [2.24, 2.45) is 5.92 Å². The van der Waals surface area contributed by atoms with Crippen molar-refractivity contribution in [1.82, 2.24) is 10.4 Å². The number of carbonyl (C=O) groups excluding carboxylic acids is 5. The van der Waals surface area contributed by atoms with Gasteiger partial charge in [0.05, 0.1) is 24.6 Å². The van der Waals surface area contributed by atoms with E-state index in [4.69, 9.17) is 9.47 Å². The van der Waals surface area contributed by atoms with Crippen molar-refractivity contribution >= 4 is 35.3 Å².